The summed E-state index contributed by atoms with van der Waals surface area (Å²) in [5, 5.41) is 7.91. The van der Waals surface area contributed by atoms with Crippen molar-refractivity contribution in [3.8, 4) is 0 Å². The van der Waals surface area contributed by atoms with E-state index in [1.165, 1.54) is 0 Å². The van der Waals surface area contributed by atoms with Crippen LogP contribution in [0.1, 0.15) is 16.4 Å². The van der Waals surface area contributed by atoms with Crippen molar-refractivity contribution in [3.05, 3.63) is 70.4 Å². The van der Waals surface area contributed by atoms with Gasteiger partial charge in [-0.15, -0.1) is 0 Å². The van der Waals surface area contributed by atoms with Gasteiger partial charge in [-0.25, -0.2) is 0 Å². The molecule has 2 aromatic rings. The van der Waals surface area contributed by atoms with Crippen molar-refractivity contribution >= 4 is 53.2 Å². The summed E-state index contributed by atoms with van der Waals surface area (Å²) in [6.45, 7) is 0.817. The number of thiol groups is 1. The average Bonchev–Trinajstić information content (AvgIpc) is 3.01. The van der Waals surface area contributed by atoms with Gasteiger partial charge >= 0.3 is 0 Å². The quantitative estimate of drug-likeness (QED) is 0.284. The lowest BCUT2D eigenvalue weighted by Crippen LogP contribution is -2.29. The van der Waals surface area contributed by atoms with Crippen molar-refractivity contribution < 1.29 is 19.1 Å². The van der Waals surface area contributed by atoms with Gasteiger partial charge in [-0.3, -0.25) is 19.7 Å². The first-order chi connectivity index (χ1) is 14.4. The largest absolute Gasteiger partial charge is 0.383 e. The number of anilines is 1. The lowest BCUT2D eigenvalue weighted by atomic mass is 10.0. The number of methoxy groups -OCH3 is 1. The second-order valence-electron chi connectivity index (χ2n) is 6.47. The molecule has 0 aliphatic carbocycles. The second-order valence-corrected chi connectivity index (χ2v) is 7.43. The monoisotopic (exact) mass is 445 g/mol. The van der Waals surface area contributed by atoms with Gasteiger partial charge in [-0.1, -0.05) is 35.9 Å². The van der Waals surface area contributed by atoms with Gasteiger partial charge in [-0.2, -0.15) is 12.6 Å². The van der Waals surface area contributed by atoms with Gasteiger partial charge in [0.25, 0.3) is 11.8 Å². The van der Waals surface area contributed by atoms with E-state index in [9.17, 15) is 14.4 Å². The Labute approximate surface area is 184 Å². The molecule has 156 valence electrons. The summed E-state index contributed by atoms with van der Waals surface area (Å²) in [7, 11) is 1.56. The molecule has 0 fully saturated rings. The molecule has 3 N–H and O–H groups in total. The van der Waals surface area contributed by atoms with Gasteiger partial charge in [0.15, 0.2) is 0 Å². The van der Waals surface area contributed by atoms with Gasteiger partial charge in [0.05, 0.1) is 12.2 Å². The van der Waals surface area contributed by atoms with E-state index in [1.54, 1.807) is 55.6 Å². The van der Waals surface area contributed by atoms with E-state index in [0.717, 1.165) is 0 Å². The van der Waals surface area contributed by atoms with Crippen molar-refractivity contribution in [2.75, 3.05) is 25.6 Å². The zero-order valence-corrected chi connectivity index (χ0v) is 17.7. The maximum absolute atomic E-state index is 12.3. The van der Waals surface area contributed by atoms with Crippen LogP contribution in [0.4, 0.5) is 5.69 Å². The predicted molar refractivity (Wildman–Crippen MR) is 118 cm³/mol. The highest BCUT2D eigenvalue weighted by molar-refractivity contribution is 7.81. The van der Waals surface area contributed by atoms with Crippen molar-refractivity contribution in [1.82, 2.24) is 10.6 Å². The third-order valence-corrected chi connectivity index (χ3v) is 5.20. The van der Waals surface area contributed by atoms with E-state index in [-0.39, 0.29) is 17.2 Å². The first-order valence-electron chi connectivity index (χ1n) is 9.08. The lowest BCUT2D eigenvalue weighted by molar-refractivity contribution is -0.123. The number of imide groups is 1. The molecule has 0 aromatic heterocycles. The fourth-order valence-electron chi connectivity index (χ4n) is 2.88. The van der Waals surface area contributed by atoms with E-state index in [0.29, 0.717) is 35.0 Å². The van der Waals surface area contributed by atoms with Crippen LogP contribution in [0, 0.1) is 0 Å². The SMILES string of the molecule is COCCNC(=O)C(S)c1ccc(NC2=C(c3ccc(Cl)cc3)C(=O)NC2=O)cc1. The van der Waals surface area contributed by atoms with E-state index in [2.05, 4.69) is 28.6 Å². The minimum Gasteiger partial charge on any atom is -0.383 e. The van der Waals surface area contributed by atoms with E-state index < -0.39 is 17.1 Å². The second kappa shape index (κ2) is 9.80. The molecule has 3 rings (SSSR count). The Kier molecular flexibility index (Phi) is 7.15. The molecular weight excluding hydrogens is 426 g/mol. The minimum absolute atomic E-state index is 0.148. The lowest BCUT2D eigenvalue weighted by Gasteiger charge is -2.13. The number of hydrogen-bond acceptors (Lipinski definition) is 6. The number of carbonyl (C=O) groups excluding carboxylic acids is 3. The Hall–Kier alpha value is -2.81. The third-order valence-electron chi connectivity index (χ3n) is 4.41. The summed E-state index contributed by atoms with van der Waals surface area (Å²) in [4.78, 5) is 36.7. The molecule has 1 aliphatic rings. The maximum atomic E-state index is 12.3. The van der Waals surface area contributed by atoms with Crippen LogP contribution in [-0.4, -0.2) is 38.0 Å². The molecule has 1 unspecified atom stereocenters. The van der Waals surface area contributed by atoms with Crippen molar-refractivity contribution in [2.45, 2.75) is 5.25 Å². The van der Waals surface area contributed by atoms with Crippen molar-refractivity contribution in [3.63, 3.8) is 0 Å². The summed E-state index contributed by atoms with van der Waals surface area (Å²) in [6, 6.07) is 13.5. The number of rotatable bonds is 8. The number of amides is 3. The summed E-state index contributed by atoms with van der Waals surface area (Å²) in [5.74, 6) is -1.23. The Balaban J connectivity index is 1.78. The normalized spacial score (nSPS) is 14.5. The van der Waals surface area contributed by atoms with Gasteiger partial charge in [0.1, 0.15) is 10.9 Å². The standard InChI is InChI=1S/C21H20ClN3O4S/c1-29-11-10-23-21(28)18(30)13-4-8-15(9-5-13)24-17-16(19(26)25-20(17)27)12-2-6-14(22)7-3-12/h2-9,18,30H,10-11H2,1H3,(H,23,28)(H2,24,25,26,27). The number of halogens is 1. The van der Waals surface area contributed by atoms with Crippen LogP contribution >= 0.6 is 24.2 Å². The Morgan fingerprint density at radius 1 is 1.10 bits per heavy atom. The molecule has 0 radical (unpaired) electrons. The van der Waals surface area contributed by atoms with Crippen molar-refractivity contribution in [1.29, 1.82) is 0 Å². The first kappa shape index (κ1) is 21.9. The highest BCUT2D eigenvalue weighted by atomic mass is 35.5. The van der Waals surface area contributed by atoms with Crippen LogP contribution in [0.25, 0.3) is 5.57 Å². The summed E-state index contributed by atoms with van der Waals surface area (Å²) in [6.07, 6.45) is 0. The Morgan fingerprint density at radius 3 is 2.40 bits per heavy atom. The molecule has 2 aromatic carbocycles. The van der Waals surface area contributed by atoms with Crippen LogP contribution in [0.2, 0.25) is 5.02 Å². The Morgan fingerprint density at radius 2 is 1.77 bits per heavy atom. The zero-order chi connectivity index (χ0) is 21.7. The third kappa shape index (κ3) is 5.02. The number of benzene rings is 2. The molecule has 1 heterocycles. The number of hydrogen-bond donors (Lipinski definition) is 4. The molecule has 1 atom stereocenters. The van der Waals surface area contributed by atoms with E-state index in [1.807, 2.05) is 0 Å². The molecule has 1 aliphatic heterocycles. The average molecular weight is 446 g/mol. The summed E-state index contributed by atoms with van der Waals surface area (Å²) >= 11 is 10.3. The van der Waals surface area contributed by atoms with Crippen LogP contribution in [0.3, 0.4) is 0 Å². The topological polar surface area (TPSA) is 96.5 Å². The van der Waals surface area contributed by atoms with Gasteiger partial charge in [-0.05, 0) is 35.4 Å². The number of nitrogens with one attached hydrogen (secondary N) is 3. The van der Waals surface area contributed by atoms with Crippen LogP contribution in [0.15, 0.2) is 54.2 Å². The molecular formula is C21H20ClN3O4S. The van der Waals surface area contributed by atoms with Crippen molar-refractivity contribution in [2.24, 2.45) is 0 Å². The molecule has 3 amide bonds. The van der Waals surface area contributed by atoms with Crippen LogP contribution in [-0.2, 0) is 19.1 Å². The van der Waals surface area contributed by atoms with E-state index >= 15 is 0 Å². The zero-order valence-electron chi connectivity index (χ0n) is 16.1. The molecule has 7 nitrogen and oxygen atoms in total. The summed E-state index contributed by atoms with van der Waals surface area (Å²) in [5.41, 5.74) is 2.24. The Bertz CT molecular complexity index is 990. The fourth-order valence-corrected chi connectivity index (χ4v) is 3.27. The molecule has 0 bridgehead atoms. The first-order valence-corrected chi connectivity index (χ1v) is 9.97. The predicted octanol–water partition coefficient (Wildman–Crippen LogP) is 2.55. The minimum atomic E-state index is -0.642. The van der Waals surface area contributed by atoms with Gasteiger partial charge < -0.3 is 15.4 Å². The molecule has 0 saturated heterocycles. The van der Waals surface area contributed by atoms with Gasteiger partial charge in [0, 0.05) is 24.4 Å². The van der Waals surface area contributed by atoms with E-state index in [4.69, 9.17) is 16.3 Å². The smallest absolute Gasteiger partial charge is 0.275 e. The van der Waals surface area contributed by atoms with Gasteiger partial charge in [0.2, 0.25) is 5.91 Å². The maximum Gasteiger partial charge on any atom is 0.275 e. The molecule has 9 heteroatoms. The van der Waals surface area contributed by atoms with Crippen LogP contribution in [0.5, 0.6) is 0 Å². The highest BCUT2D eigenvalue weighted by Crippen LogP contribution is 2.28. The fraction of sp³-hybridized carbons (Fsp3) is 0.190. The highest BCUT2D eigenvalue weighted by Gasteiger charge is 2.31. The molecule has 30 heavy (non-hydrogen) atoms. The number of carbonyl (C=O) groups is 3. The summed E-state index contributed by atoms with van der Waals surface area (Å²) < 4.78 is 4.90. The molecule has 0 saturated carbocycles. The molecule has 0 spiro atoms. The van der Waals surface area contributed by atoms with Crippen LogP contribution < -0.4 is 16.0 Å². The number of ether oxygens (including phenoxy) is 1.